The fraction of sp³-hybridized carbons (Fsp3) is 0.143. The average Bonchev–Trinajstić information content (AvgIpc) is 2.69. The van der Waals surface area contributed by atoms with Crippen molar-refractivity contribution in [3.05, 3.63) is 89.7 Å². The Balaban J connectivity index is 1.58. The average molecular weight is 364 g/mol. The van der Waals surface area contributed by atoms with Gasteiger partial charge in [0.1, 0.15) is 0 Å². The van der Waals surface area contributed by atoms with E-state index in [0.29, 0.717) is 12.2 Å². The smallest absolute Gasteiger partial charge is 0.255 e. The molecule has 0 spiro atoms. The maximum absolute atomic E-state index is 12.4. The lowest BCUT2D eigenvalue weighted by Crippen LogP contribution is -2.12. The molecule has 3 aromatic rings. The molecule has 1 N–H and O–H groups in total. The highest BCUT2D eigenvalue weighted by Gasteiger charge is 2.07. The number of hydrogen-bond acceptors (Lipinski definition) is 4. The quantitative estimate of drug-likeness (QED) is 0.614. The van der Waals surface area contributed by atoms with Gasteiger partial charge in [-0.25, -0.2) is 0 Å². The minimum atomic E-state index is -0.126. The molecule has 132 valence electrons. The van der Waals surface area contributed by atoms with Gasteiger partial charge in [-0.1, -0.05) is 18.2 Å². The number of methoxy groups -OCH3 is 1. The van der Waals surface area contributed by atoms with Crippen LogP contribution in [0.5, 0.6) is 0 Å². The Morgan fingerprint density at radius 1 is 1.08 bits per heavy atom. The number of thioether (sulfide) groups is 1. The summed E-state index contributed by atoms with van der Waals surface area (Å²) in [6, 6.07) is 19.3. The fourth-order valence-electron chi connectivity index (χ4n) is 2.46. The number of aromatic nitrogens is 1. The van der Waals surface area contributed by atoms with Crippen molar-refractivity contribution in [2.24, 2.45) is 0 Å². The second kappa shape index (κ2) is 9.17. The van der Waals surface area contributed by atoms with Gasteiger partial charge in [-0.15, -0.1) is 11.8 Å². The summed E-state index contributed by atoms with van der Waals surface area (Å²) in [5.74, 6) is 0.741. The van der Waals surface area contributed by atoms with Crippen LogP contribution in [-0.2, 0) is 17.1 Å². The first-order valence-electron chi connectivity index (χ1n) is 8.25. The van der Waals surface area contributed by atoms with E-state index in [9.17, 15) is 4.79 Å². The lowest BCUT2D eigenvalue weighted by atomic mass is 10.1. The van der Waals surface area contributed by atoms with E-state index in [0.717, 1.165) is 21.9 Å². The number of ether oxygens (including phenoxy) is 1. The van der Waals surface area contributed by atoms with Gasteiger partial charge in [0.25, 0.3) is 5.91 Å². The maximum Gasteiger partial charge on any atom is 0.255 e. The minimum Gasteiger partial charge on any atom is -0.380 e. The first-order chi connectivity index (χ1) is 12.7. The highest BCUT2D eigenvalue weighted by atomic mass is 32.2. The summed E-state index contributed by atoms with van der Waals surface area (Å²) >= 11 is 1.74. The van der Waals surface area contributed by atoms with Crippen LogP contribution in [0.2, 0.25) is 0 Å². The van der Waals surface area contributed by atoms with Crippen LogP contribution in [0.15, 0.2) is 78.0 Å². The van der Waals surface area contributed by atoms with Crippen LogP contribution >= 0.6 is 11.8 Å². The van der Waals surface area contributed by atoms with E-state index in [1.54, 1.807) is 31.1 Å². The lowest BCUT2D eigenvalue weighted by molar-refractivity contribution is 0.102. The first-order valence-corrected chi connectivity index (χ1v) is 9.24. The van der Waals surface area contributed by atoms with E-state index in [2.05, 4.69) is 16.4 Å². The Morgan fingerprint density at radius 2 is 1.88 bits per heavy atom. The zero-order valence-electron chi connectivity index (χ0n) is 14.5. The van der Waals surface area contributed by atoms with Gasteiger partial charge in [0.15, 0.2) is 0 Å². The van der Waals surface area contributed by atoms with Crippen molar-refractivity contribution >= 4 is 23.4 Å². The van der Waals surface area contributed by atoms with Crippen molar-refractivity contribution in [1.82, 2.24) is 4.98 Å². The largest absolute Gasteiger partial charge is 0.380 e. The van der Waals surface area contributed by atoms with Crippen LogP contribution in [0.4, 0.5) is 5.69 Å². The standard InChI is InChI=1S/C21H20N2O2S/c1-25-14-16-4-2-6-18(12-16)21(24)23-19-7-9-20(10-8-19)26-15-17-5-3-11-22-13-17/h2-13H,14-15H2,1H3,(H,23,24). The molecule has 0 saturated heterocycles. The number of rotatable bonds is 7. The molecule has 4 nitrogen and oxygen atoms in total. The topological polar surface area (TPSA) is 51.2 Å². The van der Waals surface area contributed by atoms with E-state index in [4.69, 9.17) is 4.74 Å². The van der Waals surface area contributed by atoms with E-state index in [1.165, 1.54) is 5.56 Å². The number of pyridine rings is 1. The molecule has 0 aliphatic rings. The van der Waals surface area contributed by atoms with Crippen LogP contribution in [0.1, 0.15) is 21.5 Å². The van der Waals surface area contributed by atoms with Crippen LogP contribution < -0.4 is 5.32 Å². The van der Waals surface area contributed by atoms with E-state index in [1.807, 2.05) is 54.7 Å². The van der Waals surface area contributed by atoms with Gasteiger partial charge >= 0.3 is 0 Å². The van der Waals surface area contributed by atoms with Crippen molar-refractivity contribution < 1.29 is 9.53 Å². The van der Waals surface area contributed by atoms with E-state index < -0.39 is 0 Å². The summed E-state index contributed by atoms with van der Waals surface area (Å²) in [6.45, 7) is 0.490. The van der Waals surface area contributed by atoms with E-state index in [-0.39, 0.29) is 5.91 Å². The molecule has 0 fully saturated rings. The normalized spacial score (nSPS) is 10.5. The van der Waals surface area contributed by atoms with Crippen molar-refractivity contribution in [3.63, 3.8) is 0 Å². The summed E-state index contributed by atoms with van der Waals surface area (Å²) in [7, 11) is 1.64. The summed E-state index contributed by atoms with van der Waals surface area (Å²) in [6.07, 6.45) is 3.65. The molecular formula is C21H20N2O2S. The molecule has 1 heterocycles. The molecule has 2 aromatic carbocycles. The Hall–Kier alpha value is -2.63. The Bertz CT molecular complexity index is 851. The Kier molecular flexibility index (Phi) is 6.41. The first kappa shape index (κ1) is 18.2. The molecule has 1 aromatic heterocycles. The summed E-state index contributed by atoms with van der Waals surface area (Å²) < 4.78 is 5.11. The van der Waals surface area contributed by atoms with Crippen LogP contribution in [0.3, 0.4) is 0 Å². The molecule has 0 aliphatic carbocycles. The third-order valence-electron chi connectivity index (χ3n) is 3.74. The van der Waals surface area contributed by atoms with Crippen LogP contribution in [0.25, 0.3) is 0 Å². The highest BCUT2D eigenvalue weighted by Crippen LogP contribution is 2.24. The molecule has 0 bridgehead atoms. The molecule has 3 rings (SSSR count). The third kappa shape index (κ3) is 5.18. The van der Waals surface area contributed by atoms with Gasteiger partial charge in [-0.3, -0.25) is 9.78 Å². The number of carbonyl (C=O) groups excluding carboxylic acids is 1. The van der Waals surface area contributed by atoms with Crippen molar-refractivity contribution in [2.75, 3.05) is 12.4 Å². The molecule has 1 amide bonds. The number of anilines is 1. The number of benzene rings is 2. The van der Waals surface area contributed by atoms with Crippen molar-refractivity contribution in [2.45, 2.75) is 17.3 Å². The van der Waals surface area contributed by atoms with Gasteiger partial charge in [0, 0.05) is 41.4 Å². The zero-order valence-corrected chi connectivity index (χ0v) is 15.3. The van der Waals surface area contributed by atoms with Crippen LogP contribution in [0, 0.1) is 0 Å². The molecule has 0 atom stereocenters. The molecule has 0 radical (unpaired) electrons. The van der Waals surface area contributed by atoms with Gasteiger partial charge < -0.3 is 10.1 Å². The van der Waals surface area contributed by atoms with Crippen LogP contribution in [-0.4, -0.2) is 18.0 Å². The SMILES string of the molecule is COCc1cccc(C(=O)Nc2ccc(SCc3cccnc3)cc2)c1. The Morgan fingerprint density at radius 3 is 2.62 bits per heavy atom. The fourth-order valence-corrected chi connectivity index (χ4v) is 3.29. The van der Waals surface area contributed by atoms with Gasteiger partial charge in [-0.2, -0.15) is 0 Å². The summed E-state index contributed by atoms with van der Waals surface area (Å²) in [5.41, 5.74) is 3.56. The zero-order chi connectivity index (χ0) is 18.2. The molecular weight excluding hydrogens is 344 g/mol. The van der Waals surface area contributed by atoms with Gasteiger partial charge in [0.05, 0.1) is 6.61 Å². The van der Waals surface area contributed by atoms with Crippen molar-refractivity contribution in [1.29, 1.82) is 0 Å². The lowest BCUT2D eigenvalue weighted by Gasteiger charge is -2.08. The number of nitrogens with one attached hydrogen (secondary N) is 1. The number of amides is 1. The molecule has 0 aliphatic heterocycles. The van der Waals surface area contributed by atoms with Gasteiger partial charge in [0.2, 0.25) is 0 Å². The molecule has 5 heteroatoms. The van der Waals surface area contributed by atoms with Crippen molar-refractivity contribution in [3.8, 4) is 0 Å². The summed E-state index contributed by atoms with van der Waals surface area (Å²) in [5, 5.41) is 2.93. The third-order valence-corrected chi connectivity index (χ3v) is 4.82. The molecule has 0 saturated carbocycles. The second-order valence-electron chi connectivity index (χ2n) is 5.76. The number of nitrogens with zero attached hydrogens (tertiary/aromatic N) is 1. The Labute approximate surface area is 157 Å². The highest BCUT2D eigenvalue weighted by molar-refractivity contribution is 7.98. The predicted octanol–water partition coefficient (Wildman–Crippen LogP) is 4.77. The van der Waals surface area contributed by atoms with Gasteiger partial charge in [-0.05, 0) is 53.6 Å². The minimum absolute atomic E-state index is 0.126. The summed E-state index contributed by atoms with van der Waals surface area (Å²) in [4.78, 5) is 17.7. The number of hydrogen-bond donors (Lipinski definition) is 1. The monoisotopic (exact) mass is 364 g/mol. The molecule has 0 unspecified atom stereocenters. The molecule has 26 heavy (non-hydrogen) atoms. The predicted molar refractivity (Wildman–Crippen MR) is 105 cm³/mol. The van der Waals surface area contributed by atoms with E-state index >= 15 is 0 Å². The number of carbonyl (C=O) groups is 1. The maximum atomic E-state index is 12.4. The second-order valence-corrected chi connectivity index (χ2v) is 6.81.